The monoisotopic (exact) mass is 268 g/mol. The summed E-state index contributed by atoms with van der Waals surface area (Å²) < 4.78 is 1.01. The predicted molar refractivity (Wildman–Crippen MR) is 65.8 cm³/mol. The summed E-state index contributed by atoms with van der Waals surface area (Å²) in [5.41, 5.74) is 1.35. The number of halogens is 1. The molecule has 1 fully saturated rings. The Kier molecular flexibility index (Phi) is 3.76. The van der Waals surface area contributed by atoms with Crippen LogP contribution < -0.4 is 0 Å². The van der Waals surface area contributed by atoms with E-state index in [1.165, 1.54) is 37.9 Å². The highest BCUT2D eigenvalue weighted by Crippen LogP contribution is 2.34. The molecular weight excluding hydrogens is 252 g/mol. The molecule has 2 heterocycles. The molecule has 0 saturated carbocycles. The van der Waals surface area contributed by atoms with E-state index >= 15 is 0 Å². The molecule has 1 aromatic heterocycles. The van der Waals surface area contributed by atoms with Crippen LogP contribution in [-0.2, 0) is 0 Å². The highest BCUT2D eigenvalue weighted by atomic mass is 79.9. The van der Waals surface area contributed by atoms with Crippen molar-refractivity contribution in [3.63, 3.8) is 0 Å². The van der Waals surface area contributed by atoms with Crippen LogP contribution in [-0.4, -0.2) is 23.0 Å². The van der Waals surface area contributed by atoms with Gasteiger partial charge >= 0.3 is 0 Å². The number of nitrogens with zero attached hydrogens (tertiary/aromatic N) is 2. The van der Waals surface area contributed by atoms with Crippen molar-refractivity contribution in [1.82, 2.24) is 9.88 Å². The van der Waals surface area contributed by atoms with Gasteiger partial charge in [0.05, 0.1) is 0 Å². The molecule has 0 amide bonds. The maximum absolute atomic E-state index is 4.31. The van der Waals surface area contributed by atoms with Crippen LogP contribution in [0.25, 0.3) is 0 Å². The van der Waals surface area contributed by atoms with E-state index in [0.29, 0.717) is 6.04 Å². The van der Waals surface area contributed by atoms with Crippen molar-refractivity contribution in [3.8, 4) is 0 Å². The van der Waals surface area contributed by atoms with Gasteiger partial charge in [-0.3, -0.25) is 4.90 Å². The molecule has 0 N–H and O–H groups in total. The van der Waals surface area contributed by atoms with E-state index < -0.39 is 0 Å². The first-order chi connectivity index (χ1) is 7.33. The summed E-state index contributed by atoms with van der Waals surface area (Å²) in [6.07, 6.45) is 5.65. The summed E-state index contributed by atoms with van der Waals surface area (Å²) in [5.74, 6) is 0. The van der Waals surface area contributed by atoms with Crippen LogP contribution in [0.1, 0.15) is 37.8 Å². The van der Waals surface area contributed by atoms with E-state index in [1.54, 1.807) is 0 Å². The lowest BCUT2D eigenvalue weighted by atomic mass is 10.1. The van der Waals surface area contributed by atoms with Gasteiger partial charge in [0, 0.05) is 17.8 Å². The molecule has 0 spiro atoms. The highest BCUT2D eigenvalue weighted by molar-refractivity contribution is 9.10. The molecule has 0 radical (unpaired) electrons. The summed E-state index contributed by atoms with van der Waals surface area (Å²) in [6, 6.07) is 4.80. The van der Waals surface area contributed by atoms with Crippen LogP contribution in [0.15, 0.2) is 22.9 Å². The van der Waals surface area contributed by atoms with Crippen molar-refractivity contribution in [1.29, 1.82) is 0 Å². The molecular formula is C12H17BrN2. The number of likely N-dealkylation sites (tertiary alicyclic amines) is 1. The second-order valence-corrected chi connectivity index (χ2v) is 4.83. The van der Waals surface area contributed by atoms with Crippen LogP contribution >= 0.6 is 15.9 Å². The van der Waals surface area contributed by atoms with Gasteiger partial charge in [-0.2, -0.15) is 0 Å². The number of hydrogen-bond acceptors (Lipinski definition) is 2. The van der Waals surface area contributed by atoms with Crippen molar-refractivity contribution >= 4 is 15.9 Å². The van der Waals surface area contributed by atoms with E-state index in [9.17, 15) is 0 Å². The van der Waals surface area contributed by atoms with Gasteiger partial charge in [0.1, 0.15) is 4.60 Å². The van der Waals surface area contributed by atoms with Gasteiger partial charge in [0.25, 0.3) is 0 Å². The molecule has 0 unspecified atom stereocenters. The fraction of sp³-hybridized carbons (Fsp3) is 0.583. The molecule has 15 heavy (non-hydrogen) atoms. The van der Waals surface area contributed by atoms with Crippen LogP contribution in [0.5, 0.6) is 0 Å². The zero-order valence-corrected chi connectivity index (χ0v) is 10.7. The second-order valence-electron chi connectivity index (χ2n) is 4.08. The highest BCUT2D eigenvalue weighted by Gasteiger charge is 2.26. The molecule has 1 atom stereocenters. The molecule has 3 heteroatoms. The predicted octanol–water partition coefficient (Wildman–Crippen LogP) is 3.39. The number of hydrogen-bond donors (Lipinski definition) is 0. The van der Waals surface area contributed by atoms with E-state index in [-0.39, 0.29) is 0 Å². The normalized spacial score (nSPS) is 22.1. The topological polar surface area (TPSA) is 16.1 Å². The Labute approximate surface area is 99.8 Å². The fourth-order valence-corrected chi connectivity index (χ4v) is 2.89. The average molecular weight is 269 g/mol. The Morgan fingerprint density at radius 3 is 3.20 bits per heavy atom. The summed E-state index contributed by atoms with van der Waals surface area (Å²) in [4.78, 5) is 6.88. The first kappa shape index (κ1) is 11.1. The van der Waals surface area contributed by atoms with Crippen molar-refractivity contribution in [2.45, 2.75) is 32.2 Å². The molecule has 0 aromatic carbocycles. The molecule has 1 aromatic rings. The molecule has 1 aliphatic heterocycles. The summed E-state index contributed by atoms with van der Waals surface area (Å²) in [5, 5.41) is 0. The third kappa shape index (κ3) is 2.40. The van der Waals surface area contributed by atoms with Gasteiger partial charge in [-0.1, -0.05) is 13.0 Å². The van der Waals surface area contributed by atoms with Crippen molar-refractivity contribution in [2.75, 3.05) is 13.1 Å². The van der Waals surface area contributed by atoms with Crippen molar-refractivity contribution in [2.24, 2.45) is 0 Å². The Morgan fingerprint density at radius 2 is 2.47 bits per heavy atom. The molecule has 0 bridgehead atoms. The van der Waals surface area contributed by atoms with Crippen molar-refractivity contribution < 1.29 is 0 Å². The second kappa shape index (κ2) is 5.08. The van der Waals surface area contributed by atoms with Crippen LogP contribution in [0.2, 0.25) is 0 Å². The molecule has 1 aliphatic rings. The first-order valence-corrected chi connectivity index (χ1v) is 6.46. The van der Waals surface area contributed by atoms with Gasteiger partial charge in [-0.15, -0.1) is 0 Å². The molecule has 82 valence electrons. The Bertz CT molecular complexity index is 327. The van der Waals surface area contributed by atoms with E-state index in [1.807, 2.05) is 12.3 Å². The summed E-state index contributed by atoms with van der Waals surface area (Å²) >= 11 is 3.55. The number of pyridine rings is 1. The number of aromatic nitrogens is 1. The standard InChI is InChI=1S/C12H17BrN2/c1-2-8-15-9-4-6-11(15)10-5-3-7-14-12(10)13/h3,5,7,11H,2,4,6,8-9H2,1H3/t11-/m0/s1. The van der Waals surface area contributed by atoms with Crippen molar-refractivity contribution in [3.05, 3.63) is 28.5 Å². The van der Waals surface area contributed by atoms with Gasteiger partial charge < -0.3 is 0 Å². The lowest BCUT2D eigenvalue weighted by Gasteiger charge is -2.24. The van der Waals surface area contributed by atoms with E-state index in [4.69, 9.17) is 0 Å². The largest absolute Gasteiger partial charge is 0.296 e. The lowest BCUT2D eigenvalue weighted by molar-refractivity contribution is 0.257. The maximum atomic E-state index is 4.31. The lowest BCUT2D eigenvalue weighted by Crippen LogP contribution is -2.24. The summed E-state index contributed by atoms with van der Waals surface area (Å²) in [7, 11) is 0. The Hall–Kier alpha value is -0.410. The Balaban J connectivity index is 2.19. The average Bonchev–Trinajstić information content (AvgIpc) is 2.67. The third-order valence-electron chi connectivity index (χ3n) is 3.02. The minimum atomic E-state index is 0.577. The van der Waals surface area contributed by atoms with Gasteiger partial charge in [0.15, 0.2) is 0 Å². The molecule has 1 saturated heterocycles. The third-order valence-corrected chi connectivity index (χ3v) is 3.68. The first-order valence-electron chi connectivity index (χ1n) is 5.67. The zero-order chi connectivity index (χ0) is 10.7. The van der Waals surface area contributed by atoms with Gasteiger partial charge in [0.2, 0.25) is 0 Å². The minimum Gasteiger partial charge on any atom is -0.296 e. The van der Waals surface area contributed by atoms with Crippen LogP contribution in [0.4, 0.5) is 0 Å². The SMILES string of the molecule is CCCN1CCC[C@H]1c1cccnc1Br. The smallest absolute Gasteiger partial charge is 0.110 e. The minimum absolute atomic E-state index is 0.577. The molecule has 2 rings (SSSR count). The Morgan fingerprint density at radius 1 is 1.60 bits per heavy atom. The molecule has 2 nitrogen and oxygen atoms in total. The van der Waals surface area contributed by atoms with Gasteiger partial charge in [-0.05, 0) is 54.3 Å². The number of rotatable bonds is 3. The van der Waals surface area contributed by atoms with Gasteiger partial charge in [-0.25, -0.2) is 4.98 Å². The molecule has 0 aliphatic carbocycles. The maximum Gasteiger partial charge on any atom is 0.110 e. The van der Waals surface area contributed by atoms with E-state index in [0.717, 1.165) is 4.60 Å². The zero-order valence-electron chi connectivity index (χ0n) is 9.12. The van der Waals surface area contributed by atoms with Crippen LogP contribution in [0, 0.1) is 0 Å². The van der Waals surface area contributed by atoms with Crippen LogP contribution in [0.3, 0.4) is 0 Å². The summed E-state index contributed by atoms with van der Waals surface area (Å²) in [6.45, 7) is 4.68. The fourth-order valence-electron chi connectivity index (χ4n) is 2.38. The quantitative estimate of drug-likeness (QED) is 0.782. The van der Waals surface area contributed by atoms with E-state index in [2.05, 4.69) is 38.8 Å².